The Balaban J connectivity index is 1.11. The van der Waals surface area contributed by atoms with Gasteiger partial charge in [-0.1, -0.05) is 54.6 Å². The van der Waals surface area contributed by atoms with Gasteiger partial charge in [0.2, 0.25) is 0 Å². The minimum absolute atomic E-state index is 0.634. The molecule has 0 atom stereocenters. The molecule has 0 bridgehead atoms. The van der Waals surface area contributed by atoms with Crippen molar-refractivity contribution in [3.63, 3.8) is 0 Å². The van der Waals surface area contributed by atoms with Crippen LogP contribution in [0.1, 0.15) is 31.1 Å². The molecule has 12 rings (SSSR count). The average Bonchev–Trinajstić information content (AvgIpc) is 3.99. The number of aldehydes is 3. The van der Waals surface area contributed by atoms with Crippen molar-refractivity contribution in [2.45, 2.75) is 0 Å². The van der Waals surface area contributed by atoms with E-state index in [-0.39, 0.29) is 0 Å². The van der Waals surface area contributed by atoms with E-state index in [1.54, 1.807) is 0 Å². The number of hydrogen-bond acceptors (Lipinski definition) is 4. The monoisotopic (exact) mass is 824 g/mol. The summed E-state index contributed by atoms with van der Waals surface area (Å²) in [7, 11) is 0. The van der Waals surface area contributed by atoms with E-state index >= 15 is 0 Å². The Labute approximate surface area is 366 Å². The van der Waals surface area contributed by atoms with Gasteiger partial charge in [-0.25, -0.2) is 0 Å². The van der Waals surface area contributed by atoms with E-state index in [1.807, 2.05) is 72.8 Å². The van der Waals surface area contributed by atoms with E-state index < -0.39 is 0 Å². The summed E-state index contributed by atoms with van der Waals surface area (Å²) >= 11 is 0. The fourth-order valence-electron chi connectivity index (χ4n) is 9.69. The molecule has 0 aliphatic carbocycles. The highest BCUT2D eigenvalue weighted by atomic mass is 16.1. The van der Waals surface area contributed by atoms with E-state index in [4.69, 9.17) is 0 Å². The third kappa shape index (κ3) is 5.72. The number of nitrogens with zero attached hydrogens (tertiary/aromatic N) is 4. The molecule has 3 heterocycles. The summed E-state index contributed by atoms with van der Waals surface area (Å²) < 4.78 is 6.79. The van der Waals surface area contributed by atoms with Crippen molar-refractivity contribution >= 4 is 101 Å². The van der Waals surface area contributed by atoms with Crippen LogP contribution in [0.25, 0.3) is 82.5 Å². The number of anilines is 3. The molecule has 7 heteroatoms. The Morgan fingerprint density at radius 1 is 0.281 bits per heavy atom. The summed E-state index contributed by atoms with van der Waals surface area (Å²) in [5.41, 5.74) is 14.2. The Bertz CT molecular complexity index is 3430. The number of carbonyl (C=O) groups is 3. The first-order valence-corrected chi connectivity index (χ1v) is 21.2. The van der Waals surface area contributed by atoms with Crippen LogP contribution < -0.4 is 4.90 Å². The lowest BCUT2D eigenvalue weighted by molar-refractivity contribution is 0.111. The molecule has 0 N–H and O–H groups in total. The minimum Gasteiger partial charge on any atom is -0.310 e. The van der Waals surface area contributed by atoms with Crippen LogP contribution in [0.4, 0.5) is 17.1 Å². The smallest absolute Gasteiger partial charge is 0.150 e. The fourth-order valence-corrected chi connectivity index (χ4v) is 9.69. The second-order valence-electron chi connectivity index (χ2n) is 16.1. The summed E-state index contributed by atoms with van der Waals surface area (Å²) in [4.78, 5) is 37.1. The molecule has 0 aliphatic rings. The summed E-state index contributed by atoms with van der Waals surface area (Å²) in [6, 6.07) is 68.6. The van der Waals surface area contributed by atoms with E-state index in [2.05, 4.69) is 146 Å². The van der Waals surface area contributed by atoms with Gasteiger partial charge in [0.1, 0.15) is 18.9 Å². The zero-order valence-electron chi connectivity index (χ0n) is 34.3. The van der Waals surface area contributed by atoms with Crippen LogP contribution in [-0.2, 0) is 0 Å². The third-order valence-electron chi connectivity index (χ3n) is 12.6. The quantitative estimate of drug-likeness (QED) is 0.136. The van der Waals surface area contributed by atoms with E-state index in [9.17, 15) is 14.4 Å². The molecule has 0 fully saturated rings. The van der Waals surface area contributed by atoms with Crippen molar-refractivity contribution in [3.8, 4) is 17.1 Å². The fraction of sp³-hybridized carbons (Fsp3) is 0. The van der Waals surface area contributed by atoms with E-state index in [0.717, 1.165) is 118 Å². The van der Waals surface area contributed by atoms with Gasteiger partial charge in [0.15, 0.2) is 0 Å². The highest BCUT2D eigenvalue weighted by Gasteiger charge is 2.22. The van der Waals surface area contributed by atoms with E-state index in [1.165, 1.54) is 0 Å². The first kappa shape index (κ1) is 37.0. The molecule has 302 valence electrons. The van der Waals surface area contributed by atoms with Crippen molar-refractivity contribution in [2.24, 2.45) is 0 Å². The van der Waals surface area contributed by atoms with Gasteiger partial charge < -0.3 is 18.6 Å². The first-order chi connectivity index (χ1) is 31.6. The normalized spacial score (nSPS) is 11.6. The summed E-state index contributed by atoms with van der Waals surface area (Å²) in [5, 5.41) is 6.67. The molecule has 0 amide bonds. The van der Waals surface area contributed by atoms with Crippen LogP contribution in [0.15, 0.2) is 200 Å². The van der Waals surface area contributed by atoms with Gasteiger partial charge in [-0.15, -0.1) is 0 Å². The molecule has 0 saturated heterocycles. The summed E-state index contributed by atoms with van der Waals surface area (Å²) in [6.45, 7) is 0. The highest BCUT2D eigenvalue weighted by Crippen LogP contribution is 2.44. The van der Waals surface area contributed by atoms with Crippen LogP contribution in [0.3, 0.4) is 0 Å². The topological polar surface area (TPSA) is 69.2 Å². The predicted octanol–water partition coefficient (Wildman–Crippen LogP) is 13.9. The first-order valence-electron chi connectivity index (χ1n) is 21.2. The van der Waals surface area contributed by atoms with Crippen LogP contribution in [-0.4, -0.2) is 32.6 Å². The molecule has 0 radical (unpaired) electrons. The molecule has 0 spiro atoms. The second kappa shape index (κ2) is 14.7. The van der Waals surface area contributed by atoms with Crippen molar-refractivity contribution in [1.29, 1.82) is 0 Å². The molecule has 3 aromatic heterocycles. The number of hydrogen-bond donors (Lipinski definition) is 0. The number of benzene rings is 9. The summed E-state index contributed by atoms with van der Waals surface area (Å²) in [5.74, 6) is 0. The molecule has 12 aromatic rings. The Kier molecular flexibility index (Phi) is 8.49. The lowest BCUT2D eigenvalue weighted by Gasteiger charge is -2.26. The number of rotatable bonds is 9. The van der Waals surface area contributed by atoms with Gasteiger partial charge in [-0.05, 0) is 146 Å². The SMILES string of the molecule is O=Cc1ccc(-n2c3ccccc3c3cc(N(c4ccc5c(c4)c4ccccc4n5-c4ccc(C=O)cc4)c4ccc5c(c4)c4ccccc4n5-c4ccc(C=O)cc4)ccc32)cc1. The Morgan fingerprint density at radius 3 is 0.828 bits per heavy atom. The highest BCUT2D eigenvalue weighted by molar-refractivity contribution is 6.14. The zero-order valence-corrected chi connectivity index (χ0v) is 34.3. The lowest BCUT2D eigenvalue weighted by Crippen LogP contribution is -2.10. The average molecular weight is 825 g/mol. The van der Waals surface area contributed by atoms with Crippen molar-refractivity contribution in [1.82, 2.24) is 13.7 Å². The van der Waals surface area contributed by atoms with Crippen molar-refractivity contribution in [2.75, 3.05) is 4.90 Å². The molecular formula is C57H36N4O3. The predicted molar refractivity (Wildman–Crippen MR) is 260 cm³/mol. The number of aromatic nitrogens is 3. The number of para-hydroxylation sites is 3. The van der Waals surface area contributed by atoms with Crippen molar-refractivity contribution in [3.05, 3.63) is 217 Å². The third-order valence-corrected chi connectivity index (χ3v) is 12.6. The van der Waals surface area contributed by atoms with Gasteiger partial charge in [0.25, 0.3) is 0 Å². The minimum atomic E-state index is 0.634. The maximum atomic E-state index is 11.6. The summed E-state index contributed by atoms with van der Waals surface area (Å²) in [6.07, 6.45) is 2.62. The van der Waals surface area contributed by atoms with Crippen LogP contribution in [0, 0.1) is 0 Å². The second-order valence-corrected chi connectivity index (χ2v) is 16.1. The van der Waals surface area contributed by atoms with Gasteiger partial charge in [0.05, 0.1) is 33.1 Å². The van der Waals surface area contributed by atoms with Gasteiger partial charge in [-0.2, -0.15) is 0 Å². The molecule has 7 nitrogen and oxygen atoms in total. The molecule has 64 heavy (non-hydrogen) atoms. The Hall–Kier alpha value is -8.81. The molecular weight excluding hydrogens is 789 g/mol. The maximum Gasteiger partial charge on any atom is 0.150 e. The van der Waals surface area contributed by atoms with Crippen LogP contribution in [0.2, 0.25) is 0 Å². The van der Waals surface area contributed by atoms with Crippen LogP contribution in [0.5, 0.6) is 0 Å². The van der Waals surface area contributed by atoms with Gasteiger partial charge in [0, 0.05) is 83.1 Å². The number of carbonyl (C=O) groups excluding carboxylic acids is 3. The molecule has 0 unspecified atom stereocenters. The van der Waals surface area contributed by atoms with E-state index in [0.29, 0.717) is 16.7 Å². The molecule has 9 aromatic carbocycles. The maximum absolute atomic E-state index is 11.6. The molecule has 0 aliphatic heterocycles. The zero-order chi connectivity index (χ0) is 42.9. The van der Waals surface area contributed by atoms with Crippen molar-refractivity contribution < 1.29 is 14.4 Å². The van der Waals surface area contributed by atoms with Gasteiger partial charge in [-0.3, -0.25) is 14.4 Å². The molecule has 0 saturated carbocycles. The largest absolute Gasteiger partial charge is 0.310 e. The lowest BCUT2D eigenvalue weighted by atomic mass is 10.1. The van der Waals surface area contributed by atoms with Gasteiger partial charge >= 0.3 is 0 Å². The Morgan fingerprint density at radius 2 is 0.547 bits per heavy atom. The standard InChI is InChI=1S/C57H36N4O3/c62-34-37-13-19-40(20-14-37)59-52-10-4-1-7-46(52)49-31-43(25-28-55(49)59)58(44-26-29-56-50(32-44)47-8-2-5-11-53(47)60(56)41-21-15-38(35-63)16-22-41)45-27-30-57-51(33-45)48-9-3-6-12-54(48)61(57)42-23-17-39(36-64)18-24-42/h1-36H. The number of fused-ring (bicyclic) bond motifs is 9. The van der Waals surface area contributed by atoms with Crippen LogP contribution >= 0.6 is 0 Å².